The van der Waals surface area contributed by atoms with Gasteiger partial charge in [0, 0.05) is 16.1 Å². The largest absolute Gasteiger partial charge is 1.00 e. The van der Waals surface area contributed by atoms with Gasteiger partial charge in [-0.2, -0.15) is 12.0 Å². The summed E-state index contributed by atoms with van der Waals surface area (Å²) >= 11 is 0. The first-order chi connectivity index (χ1) is 23.7. The standard InChI is InChI=1S/2C16H26BN4Si.C6H6.2ClH/c2*1-18-10-12-20(14-18)17(21-13-11-19(2)15-21)9-7-6-8-16(17)22(3,4)5;1-2-4-6-5-3-1;;/h2*7-15H,6H2,1-5H3;1-6H;2*1H/q2*+1;;;/p-2. The number of aryl methyl sites for hydroxylation is 4. The van der Waals surface area contributed by atoms with E-state index in [1.165, 1.54) is 0 Å². The van der Waals surface area contributed by atoms with Crippen molar-refractivity contribution in [2.45, 2.75) is 52.1 Å². The van der Waals surface area contributed by atoms with Gasteiger partial charge in [0.1, 0.15) is 24.8 Å². The molecule has 2 aliphatic heterocycles. The summed E-state index contributed by atoms with van der Waals surface area (Å²) in [4.78, 5) is 0. The molecule has 1 aromatic carbocycles. The van der Waals surface area contributed by atoms with E-state index in [9.17, 15) is 0 Å². The van der Waals surface area contributed by atoms with Crippen molar-refractivity contribution in [1.29, 1.82) is 0 Å². The molecule has 0 unspecified atom stereocenters. The molecule has 52 heavy (non-hydrogen) atoms. The van der Waals surface area contributed by atoms with Gasteiger partial charge in [0.25, 0.3) is 0 Å². The van der Waals surface area contributed by atoms with E-state index in [1.54, 1.807) is 10.2 Å². The van der Waals surface area contributed by atoms with Gasteiger partial charge >= 0.3 is 12.8 Å². The van der Waals surface area contributed by atoms with Crippen LogP contribution in [0.2, 0.25) is 39.3 Å². The SMILES string of the molecule is Cn1cc[n+]([B-]2([n+]3ccn(C)c3)C=CCC=C2[Si](C)(C)C)c1.Cn1cc[n+]([B-]2([n+]3ccn(C)c3)C=CCC=C2[Si](C)(C)C)c1.[Cl-].[Cl-].c1ccccc1. The van der Waals surface area contributed by atoms with Crippen LogP contribution in [0, 0.1) is 0 Å². The number of rotatable bonds is 6. The van der Waals surface area contributed by atoms with Gasteiger partial charge in [-0.1, -0.05) is 75.7 Å². The van der Waals surface area contributed by atoms with Crippen molar-refractivity contribution in [3.05, 3.63) is 158 Å². The summed E-state index contributed by atoms with van der Waals surface area (Å²) in [5, 5.41) is 3.23. The van der Waals surface area contributed by atoms with Gasteiger partial charge in [0.05, 0.1) is 53.0 Å². The zero-order chi connectivity index (χ0) is 36.2. The number of imidazole rings is 4. The zero-order valence-corrected chi connectivity index (χ0v) is 36.3. The highest BCUT2D eigenvalue weighted by Crippen LogP contribution is 2.27. The molecule has 7 rings (SSSR count). The second-order valence-electron chi connectivity index (χ2n) is 16.1. The molecule has 0 saturated heterocycles. The predicted molar refractivity (Wildman–Crippen MR) is 212 cm³/mol. The van der Waals surface area contributed by atoms with Gasteiger partial charge < -0.3 is 42.7 Å². The summed E-state index contributed by atoms with van der Waals surface area (Å²) in [5.41, 5.74) is 0. The first kappa shape index (κ1) is 42.6. The van der Waals surface area contributed by atoms with Crippen molar-refractivity contribution >= 4 is 29.0 Å². The van der Waals surface area contributed by atoms with Crippen LogP contribution in [-0.4, -0.2) is 47.2 Å². The van der Waals surface area contributed by atoms with Crippen molar-refractivity contribution in [2.24, 2.45) is 28.2 Å². The van der Waals surface area contributed by atoms with Crippen LogP contribution in [0.15, 0.2) is 158 Å². The van der Waals surface area contributed by atoms with Gasteiger partial charge in [0.2, 0.25) is 0 Å². The van der Waals surface area contributed by atoms with Gasteiger partial charge in [-0.15, -0.1) is 34.5 Å². The molecular formula is C38H58B2Cl2N8Si2. The maximum Gasteiger partial charge on any atom is 0.422 e. The summed E-state index contributed by atoms with van der Waals surface area (Å²) in [6.07, 6.45) is 35.5. The predicted octanol–water partition coefficient (Wildman–Crippen LogP) is -1.07. The average molecular weight is 776 g/mol. The van der Waals surface area contributed by atoms with Crippen molar-refractivity contribution in [1.82, 2.24) is 18.3 Å². The molecule has 0 radical (unpaired) electrons. The van der Waals surface area contributed by atoms with E-state index in [-0.39, 0.29) is 24.8 Å². The highest BCUT2D eigenvalue weighted by atomic mass is 35.5. The lowest BCUT2D eigenvalue weighted by Crippen LogP contribution is -3.00. The smallest absolute Gasteiger partial charge is 0.422 e. The van der Waals surface area contributed by atoms with E-state index in [0.29, 0.717) is 0 Å². The Morgan fingerprint density at radius 1 is 0.462 bits per heavy atom. The third-order valence-corrected chi connectivity index (χ3v) is 14.8. The van der Waals surface area contributed by atoms with Gasteiger partial charge in [-0.25, -0.2) is 18.3 Å². The fraction of sp³-hybridized carbons (Fsp3) is 0.316. The Morgan fingerprint density at radius 3 is 0.904 bits per heavy atom. The minimum Gasteiger partial charge on any atom is -1.00 e. The minimum absolute atomic E-state index is 0. The van der Waals surface area contributed by atoms with Crippen LogP contribution >= 0.6 is 0 Å². The van der Waals surface area contributed by atoms with Crippen LogP contribution in [0.4, 0.5) is 0 Å². The quantitative estimate of drug-likeness (QED) is 0.198. The number of hydrogen-bond donors (Lipinski definition) is 0. The first-order valence-corrected chi connectivity index (χ1v) is 24.9. The molecule has 0 spiro atoms. The number of halogens is 2. The molecular weight excluding hydrogens is 717 g/mol. The van der Waals surface area contributed by atoms with E-state index in [4.69, 9.17) is 0 Å². The maximum absolute atomic E-state index is 2.46. The van der Waals surface area contributed by atoms with Crippen molar-refractivity contribution in [3.8, 4) is 0 Å². The third kappa shape index (κ3) is 9.02. The second kappa shape index (κ2) is 17.3. The molecule has 4 aromatic heterocycles. The molecule has 2 aliphatic rings. The van der Waals surface area contributed by atoms with E-state index in [0.717, 1.165) is 12.8 Å². The molecule has 0 amide bonds. The Balaban J connectivity index is 0.000000234. The number of benzene rings is 1. The number of allylic oxidation sites excluding steroid dienone is 4. The summed E-state index contributed by atoms with van der Waals surface area (Å²) < 4.78 is 18.0. The summed E-state index contributed by atoms with van der Waals surface area (Å²) in [6.45, 7) is 14.7. The monoisotopic (exact) mass is 774 g/mol. The Labute approximate surface area is 326 Å². The highest BCUT2D eigenvalue weighted by Gasteiger charge is 2.48. The van der Waals surface area contributed by atoms with Crippen LogP contribution in [0.1, 0.15) is 12.8 Å². The zero-order valence-electron chi connectivity index (χ0n) is 32.8. The summed E-state index contributed by atoms with van der Waals surface area (Å²) in [6, 6.07) is 12.0. The van der Waals surface area contributed by atoms with E-state index < -0.39 is 29.0 Å². The van der Waals surface area contributed by atoms with E-state index >= 15 is 0 Å². The Hall–Kier alpha value is -3.84. The molecule has 0 aliphatic carbocycles. The minimum atomic E-state index is -1.46. The summed E-state index contributed by atoms with van der Waals surface area (Å²) in [7, 11) is 5.41. The van der Waals surface area contributed by atoms with Crippen molar-refractivity contribution < 1.29 is 42.7 Å². The number of hydrogen-bond acceptors (Lipinski definition) is 0. The molecule has 5 aromatic rings. The average Bonchev–Trinajstić information content (AvgIpc) is 3.91. The molecule has 0 N–H and O–H groups in total. The summed E-state index contributed by atoms with van der Waals surface area (Å²) in [5.74, 6) is 4.85. The lowest BCUT2D eigenvalue weighted by Gasteiger charge is -2.41. The van der Waals surface area contributed by atoms with Crippen LogP contribution < -0.4 is 42.7 Å². The van der Waals surface area contributed by atoms with Crippen LogP contribution in [0.25, 0.3) is 0 Å². The van der Waals surface area contributed by atoms with Gasteiger partial charge in [0.15, 0.2) is 25.3 Å². The molecule has 8 nitrogen and oxygen atoms in total. The van der Waals surface area contributed by atoms with Crippen LogP contribution in [0.3, 0.4) is 0 Å². The van der Waals surface area contributed by atoms with E-state index in [2.05, 4.69) is 215 Å². The lowest BCUT2D eigenvalue weighted by molar-refractivity contribution is -0.682. The molecule has 0 atom stereocenters. The molecule has 278 valence electrons. The van der Waals surface area contributed by atoms with Gasteiger partial charge in [-0.05, 0) is 12.8 Å². The van der Waals surface area contributed by atoms with E-state index in [1.807, 2.05) is 36.4 Å². The third-order valence-electron chi connectivity index (χ3n) is 10.0. The highest BCUT2D eigenvalue weighted by molar-refractivity contribution is 7.02. The van der Waals surface area contributed by atoms with Crippen molar-refractivity contribution in [2.75, 3.05) is 0 Å². The Kier molecular flexibility index (Phi) is 14.2. The number of nitrogens with zero attached hydrogens (tertiary/aromatic N) is 8. The normalized spacial score (nSPS) is 15.8. The van der Waals surface area contributed by atoms with Gasteiger partial charge in [-0.3, -0.25) is 0 Å². The fourth-order valence-electron chi connectivity index (χ4n) is 7.91. The first-order valence-electron chi connectivity index (χ1n) is 17.9. The molecule has 14 heteroatoms. The maximum atomic E-state index is 2.46. The molecule has 0 fully saturated rings. The second-order valence-corrected chi connectivity index (χ2v) is 26.2. The fourth-order valence-corrected chi connectivity index (χ4v) is 12.7. The molecule has 0 saturated carbocycles. The lowest BCUT2D eigenvalue weighted by atomic mass is 9.43. The molecule has 0 bridgehead atoms. The topological polar surface area (TPSA) is 35.2 Å². The Bertz CT molecular complexity index is 1770. The van der Waals surface area contributed by atoms with Crippen molar-refractivity contribution in [3.63, 3.8) is 0 Å². The Morgan fingerprint density at radius 2 is 0.712 bits per heavy atom. The van der Waals surface area contributed by atoms with Crippen LogP contribution in [0.5, 0.6) is 0 Å². The number of aromatic nitrogens is 8. The van der Waals surface area contributed by atoms with Crippen LogP contribution in [-0.2, 0) is 28.2 Å². The molecule has 6 heterocycles.